The molecule has 0 aromatic heterocycles. The number of aryl methyl sites for hydroxylation is 2. The molecular formula is C26H26N2O5. The number of benzene rings is 2. The fraction of sp³-hybridized carbons (Fsp3) is 0.385. The van der Waals surface area contributed by atoms with Crippen molar-refractivity contribution in [3.63, 3.8) is 0 Å². The minimum absolute atomic E-state index is 0.115. The van der Waals surface area contributed by atoms with Crippen LogP contribution in [0.4, 0.5) is 11.4 Å². The molecule has 3 fully saturated rings. The number of amides is 3. The first-order valence-electron chi connectivity index (χ1n) is 11.3. The smallest absolute Gasteiger partial charge is 0.338 e. The highest BCUT2D eigenvalue weighted by molar-refractivity contribution is 6.22. The summed E-state index contributed by atoms with van der Waals surface area (Å²) in [5.74, 6) is -1.03. The van der Waals surface area contributed by atoms with E-state index < -0.39 is 18.5 Å². The molecule has 3 aliphatic rings. The summed E-state index contributed by atoms with van der Waals surface area (Å²) in [6.07, 6.45) is 3.05. The van der Waals surface area contributed by atoms with Gasteiger partial charge in [0.2, 0.25) is 11.8 Å². The fourth-order valence-corrected chi connectivity index (χ4v) is 5.87. The van der Waals surface area contributed by atoms with E-state index in [-0.39, 0.29) is 29.2 Å². The van der Waals surface area contributed by atoms with Crippen molar-refractivity contribution in [2.45, 2.75) is 33.1 Å². The predicted octanol–water partition coefficient (Wildman–Crippen LogP) is 3.63. The van der Waals surface area contributed by atoms with E-state index in [1.165, 1.54) is 17.0 Å². The minimum atomic E-state index is -0.647. The highest BCUT2D eigenvalue weighted by Crippen LogP contribution is 2.56. The van der Waals surface area contributed by atoms with Gasteiger partial charge in [-0.2, -0.15) is 0 Å². The third-order valence-electron chi connectivity index (χ3n) is 7.13. The number of nitrogens with zero attached hydrogens (tertiary/aromatic N) is 1. The Morgan fingerprint density at radius 1 is 0.939 bits per heavy atom. The van der Waals surface area contributed by atoms with Crippen molar-refractivity contribution in [3.05, 3.63) is 59.2 Å². The first-order chi connectivity index (χ1) is 15.8. The molecule has 2 bridgehead atoms. The summed E-state index contributed by atoms with van der Waals surface area (Å²) in [4.78, 5) is 51.7. The van der Waals surface area contributed by atoms with Crippen LogP contribution in [0.5, 0.6) is 0 Å². The van der Waals surface area contributed by atoms with E-state index in [9.17, 15) is 19.2 Å². The van der Waals surface area contributed by atoms with Gasteiger partial charge in [-0.1, -0.05) is 6.07 Å². The van der Waals surface area contributed by atoms with Gasteiger partial charge in [-0.05, 0) is 92.5 Å². The molecule has 7 nitrogen and oxygen atoms in total. The first kappa shape index (κ1) is 21.4. The number of fused-ring (bicyclic) bond motifs is 5. The van der Waals surface area contributed by atoms with E-state index in [1.807, 2.05) is 32.0 Å². The van der Waals surface area contributed by atoms with Gasteiger partial charge in [0.15, 0.2) is 6.61 Å². The van der Waals surface area contributed by atoms with Crippen LogP contribution in [0.15, 0.2) is 42.5 Å². The van der Waals surface area contributed by atoms with Crippen molar-refractivity contribution in [3.8, 4) is 0 Å². The van der Waals surface area contributed by atoms with Gasteiger partial charge in [0, 0.05) is 5.69 Å². The zero-order valence-corrected chi connectivity index (χ0v) is 18.7. The van der Waals surface area contributed by atoms with E-state index in [2.05, 4.69) is 5.32 Å². The van der Waals surface area contributed by atoms with Crippen molar-refractivity contribution >= 4 is 35.1 Å². The maximum absolute atomic E-state index is 12.9. The fourth-order valence-electron chi connectivity index (χ4n) is 5.87. The lowest BCUT2D eigenvalue weighted by atomic mass is 9.81. The molecule has 7 heteroatoms. The van der Waals surface area contributed by atoms with E-state index in [0.717, 1.165) is 30.4 Å². The molecule has 33 heavy (non-hydrogen) atoms. The Bertz CT molecular complexity index is 1110. The molecule has 2 saturated carbocycles. The molecule has 5 rings (SSSR count). The molecule has 3 amide bonds. The summed E-state index contributed by atoms with van der Waals surface area (Å²) in [5.41, 5.74) is 3.42. The zero-order valence-electron chi connectivity index (χ0n) is 18.7. The number of esters is 1. The lowest BCUT2D eigenvalue weighted by Gasteiger charge is -2.19. The van der Waals surface area contributed by atoms with Gasteiger partial charge in [-0.25, -0.2) is 4.79 Å². The number of ether oxygens (including phenoxy) is 1. The summed E-state index contributed by atoms with van der Waals surface area (Å²) < 4.78 is 5.13. The maximum Gasteiger partial charge on any atom is 0.338 e. The normalized spacial score (nSPS) is 25.3. The number of imide groups is 1. The second-order valence-electron chi connectivity index (χ2n) is 9.44. The second-order valence-corrected chi connectivity index (χ2v) is 9.44. The van der Waals surface area contributed by atoms with E-state index in [4.69, 9.17) is 4.74 Å². The largest absolute Gasteiger partial charge is 0.452 e. The van der Waals surface area contributed by atoms with Crippen LogP contribution < -0.4 is 10.2 Å². The van der Waals surface area contributed by atoms with Crippen LogP contribution in [0, 0.1) is 37.5 Å². The van der Waals surface area contributed by atoms with Gasteiger partial charge in [-0.15, -0.1) is 0 Å². The molecule has 2 aromatic carbocycles. The van der Waals surface area contributed by atoms with Crippen LogP contribution in [-0.4, -0.2) is 30.3 Å². The lowest BCUT2D eigenvalue weighted by Crippen LogP contribution is -2.32. The van der Waals surface area contributed by atoms with Crippen molar-refractivity contribution in [1.29, 1.82) is 0 Å². The maximum atomic E-state index is 12.9. The number of nitrogens with one attached hydrogen (secondary N) is 1. The van der Waals surface area contributed by atoms with Gasteiger partial charge in [-0.3, -0.25) is 19.3 Å². The molecule has 0 radical (unpaired) electrons. The Hall–Kier alpha value is -3.48. The second kappa shape index (κ2) is 8.14. The molecule has 2 aliphatic carbocycles. The third-order valence-corrected chi connectivity index (χ3v) is 7.13. The molecular weight excluding hydrogens is 420 g/mol. The quantitative estimate of drug-likeness (QED) is 0.559. The van der Waals surface area contributed by atoms with Crippen molar-refractivity contribution in [2.75, 3.05) is 16.8 Å². The van der Waals surface area contributed by atoms with Crippen LogP contribution in [0.2, 0.25) is 0 Å². The summed E-state index contributed by atoms with van der Waals surface area (Å²) >= 11 is 0. The summed E-state index contributed by atoms with van der Waals surface area (Å²) in [5, 5.41) is 2.72. The highest BCUT2D eigenvalue weighted by Gasteiger charge is 2.61. The molecule has 4 atom stereocenters. The number of carbonyl (C=O) groups is 4. The summed E-state index contributed by atoms with van der Waals surface area (Å²) in [6, 6.07) is 11.9. The van der Waals surface area contributed by atoms with Crippen molar-refractivity contribution in [2.24, 2.45) is 23.7 Å². The zero-order chi connectivity index (χ0) is 23.3. The molecule has 1 aliphatic heterocycles. The average molecular weight is 447 g/mol. The topological polar surface area (TPSA) is 92.8 Å². The van der Waals surface area contributed by atoms with E-state index >= 15 is 0 Å². The number of carbonyl (C=O) groups excluding carboxylic acids is 4. The SMILES string of the molecule is Cc1cc(C)cc(NC(=O)COC(=O)c2ccc(N3C(=O)[C@H]4[C@H]5CC[C@@H](C5)[C@@H]4C3=O)cc2)c1. The van der Waals surface area contributed by atoms with E-state index in [0.29, 0.717) is 23.2 Å². The Morgan fingerprint density at radius 3 is 2.09 bits per heavy atom. The van der Waals surface area contributed by atoms with Gasteiger partial charge < -0.3 is 10.1 Å². The molecule has 0 spiro atoms. The monoisotopic (exact) mass is 446 g/mol. The predicted molar refractivity (Wildman–Crippen MR) is 122 cm³/mol. The van der Waals surface area contributed by atoms with Crippen LogP contribution in [0.1, 0.15) is 40.7 Å². The van der Waals surface area contributed by atoms with Crippen LogP contribution in [0.3, 0.4) is 0 Å². The van der Waals surface area contributed by atoms with Gasteiger partial charge in [0.1, 0.15) is 0 Å². The third kappa shape index (κ3) is 3.81. The molecule has 1 heterocycles. The molecule has 1 N–H and O–H groups in total. The first-order valence-corrected chi connectivity index (χ1v) is 11.3. The Labute approximate surface area is 192 Å². The van der Waals surface area contributed by atoms with Crippen LogP contribution in [0.25, 0.3) is 0 Å². The Balaban J connectivity index is 1.20. The lowest BCUT2D eigenvalue weighted by molar-refractivity contribution is -0.123. The minimum Gasteiger partial charge on any atom is -0.452 e. The van der Waals surface area contributed by atoms with Crippen LogP contribution in [-0.2, 0) is 19.1 Å². The Morgan fingerprint density at radius 2 is 1.52 bits per heavy atom. The summed E-state index contributed by atoms with van der Waals surface area (Å²) in [6.45, 7) is 3.46. The number of hydrogen-bond acceptors (Lipinski definition) is 5. The van der Waals surface area contributed by atoms with Crippen molar-refractivity contribution < 1.29 is 23.9 Å². The van der Waals surface area contributed by atoms with Crippen molar-refractivity contribution in [1.82, 2.24) is 0 Å². The highest BCUT2D eigenvalue weighted by atomic mass is 16.5. The molecule has 170 valence electrons. The Kier molecular flexibility index (Phi) is 5.27. The number of anilines is 2. The van der Waals surface area contributed by atoms with Crippen LogP contribution >= 0.6 is 0 Å². The van der Waals surface area contributed by atoms with Gasteiger partial charge in [0.25, 0.3) is 5.91 Å². The summed E-state index contributed by atoms with van der Waals surface area (Å²) in [7, 11) is 0. The van der Waals surface area contributed by atoms with E-state index in [1.54, 1.807) is 12.1 Å². The van der Waals surface area contributed by atoms with Gasteiger partial charge in [0.05, 0.1) is 23.1 Å². The molecule has 1 saturated heterocycles. The number of hydrogen-bond donors (Lipinski definition) is 1. The molecule has 0 unspecified atom stereocenters. The van der Waals surface area contributed by atoms with Gasteiger partial charge >= 0.3 is 5.97 Å². The average Bonchev–Trinajstić information content (AvgIpc) is 3.45. The number of rotatable bonds is 5. The molecule has 2 aromatic rings. The standard InChI is InChI=1S/C26H26N2O5/c1-14-9-15(2)11-19(10-14)27-21(29)13-33-26(32)16-5-7-20(8-6-16)28-24(30)22-17-3-4-18(12-17)23(22)25(28)31/h5-11,17-18,22-23H,3-4,12-13H2,1-2H3,(H,27,29)/t17-,18-,22-,23-/m0/s1.